The van der Waals surface area contributed by atoms with Crippen molar-refractivity contribution in [1.82, 2.24) is 0 Å². The Kier molecular flexibility index (Phi) is 4.97. The molecule has 0 spiro atoms. The highest BCUT2D eigenvalue weighted by molar-refractivity contribution is 6.76. The van der Waals surface area contributed by atoms with Crippen LogP contribution in [0, 0.1) is 0 Å². The van der Waals surface area contributed by atoms with Crippen molar-refractivity contribution in [3.05, 3.63) is 53.6 Å². The summed E-state index contributed by atoms with van der Waals surface area (Å²) >= 11 is 0. The van der Waals surface area contributed by atoms with Crippen LogP contribution in [0.15, 0.2) is 42.5 Å². The smallest absolute Gasteiger partial charge is 0.370 e. The zero-order valence-corrected chi connectivity index (χ0v) is 15.1. The van der Waals surface area contributed by atoms with E-state index < -0.39 is 8.80 Å². The summed E-state index contributed by atoms with van der Waals surface area (Å²) in [6.45, 7) is 7.75. The van der Waals surface area contributed by atoms with Crippen LogP contribution in [0.25, 0.3) is 11.1 Å². The van der Waals surface area contributed by atoms with Gasteiger partial charge >= 0.3 is 8.80 Å². The minimum Gasteiger partial charge on any atom is -0.370 e. The van der Waals surface area contributed by atoms with Gasteiger partial charge in [0.05, 0.1) is 0 Å². The Morgan fingerprint density at radius 2 is 1.39 bits per heavy atom. The van der Waals surface area contributed by atoms with Crippen molar-refractivity contribution in [3.63, 3.8) is 0 Å². The topological polar surface area (TPSA) is 27.7 Å². The molecule has 0 fully saturated rings. The zero-order chi connectivity index (χ0) is 16.3. The van der Waals surface area contributed by atoms with E-state index in [0.29, 0.717) is 19.8 Å². The van der Waals surface area contributed by atoms with Gasteiger partial charge in [-0.05, 0) is 49.4 Å². The fraction of sp³-hybridized carbons (Fsp3) is 0.368. The molecule has 0 saturated heterocycles. The monoisotopic (exact) mass is 328 g/mol. The molecule has 4 heteroatoms. The second-order valence-corrected chi connectivity index (χ2v) is 8.04. The highest BCUT2D eigenvalue weighted by Gasteiger charge is 2.46. The van der Waals surface area contributed by atoms with Crippen molar-refractivity contribution in [1.29, 1.82) is 0 Å². The molecule has 3 nitrogen and oxygen atoms in total. The van der Waals surface area contributed by atoms with Crippen LogP contribution in [-0.2, 0) is 19.7 Å². The largest absolute Gasteiger partial charge is 0.537 e. The van der Waals surface area contributed by atoms with Gasteiger partial charge in [-0.25, -0.2) is 0 Å². The Balaban J connectivity index is 2.12. The number of hydrogen-bond donors (Lipinski definition) is 0. The van der Waals surface area contributed by atoms with Crippen molar-refractivity contribution in [2.45, 2.75) is 27.2 Å². The van der Waals surface area contributed by atoms with Gasteiger partial charge in [-0.15, -0.1) is 0 Å². The highest BCUT2D eigenvalue weighted by Crippen LogP contribution is 2.36. The summed E-state index contributed by atoms with van der Waals surface area (Å²) in [6, 6.07) is 15.0. The predicted molar refractivity (Wildman–Crippen MR) is 95.0 cm³/mol. The fourth-order valence-corrected chi connectivity index (χ4v) is 6.12. The van der Waals surface area contributed by atoms with E-state index in [1.54, 1.807) is 0 Å². The van der Waals surface area contributed by atoms with Gasteiger partial charge in [0.15, 0.2) is 0 Å². The Morgan fingerprint density at radius 1 is 0.783 bits per heavy atom. The van der Waals surface area contributed by atoms with Crippen molar-refractivity contribution in [2.75, 3.05) is 19.8 Å². The van der Waals surface area contributed by atoms with Crippen LogP contribution in [0.3, 0.4) is 0 Å². The summed E-state index contributed by atoms with van der Waals surface area (Å²) < 4.78 is 18.3. The normalized spacial score (nSPS) is 13.0. The molecule has 0 unspecified atom stereocenters. The SMILES string of the molecule is CCO[Si](OCC)(OCC)c1cccc2c1Cc1ccccc1-2. The first-order valence-corrected chi connectivity index (χ1v) is 10.1. The molecule has 0 N–H and O–H groups in total. The Hall–Kier alpha value is -1.46. The van der Waals surface area contributed by atoms with E-state index in [2.05, 4.69) is 42.5 Å². The maximum absolute atomic E-state index is 6.12. The lowest BCUT2D eigenvalue weighted by molar-refractivity contribution is 0.0858. The van der Waals surface area contributed by atoms with E-state index in [1.807, 2.05) is 20.8 Å². The van der Waals surface area contributed by atoms with Crippen molar-refractivity contribution < 1.29 is 13.3 Å². The van der Waals surface area contributed by atoms with Crippen LogP contribution < -0.4 is 5.19 Å². The summed E-state index contributed by atoms with van der Waals surface area (Å²) in [7, 11) is -2.87. The molecular weight excluding hydrogens is 304 g/mol. The maximum Gasteiger partial charge on any atom is 0.537 e. The molecule has 122 valence electrons. The van der Waals surface area contributed by atoms with Crippen LogP contribution in [0.2, 0.25) is 0 Å². The molecule has 0 saturated carbocycles. The van der Waals surface area contributed by atoms with Gasteiger partial charge in [0.2, 0.25) is 0 Å². The molecule has 2 aromatic carbocycles. The summed E-state index contributed by atoms with van der Waals surface area (Å²) in [5.41, 5.74) is 5.27. The van der Waals surface area contributed by atoms with Crippen LogP contribution in [0.1, 0.15) is 31.9 Å². The average Bonchev–Trinajstić information content (AvgIpc) is 2.94. The first-order chi connectivity index (χ1) is 11.3. The van der Waals surface area contributed by atoms with Crippen molar-refractivity contribution >= 4 is 14.0 Å². The van der Waals surface area contributed by atoms with E-state index in [4.69, 9.17) is 13.3 Å². The highest BCUT2D eigenvalue weighted by atomic mass is 28.4. The van der Waals surface area contributed by atoms with Crippen LogP contribution in [0.5, 0.6) is 0 Å². The molecule has 1 aliphatic rings. The number of rotatable bonds is 7. The lowest BCUT2D eigenvalue weighted by Gasteiger charge is -2.30. The molecule has 3 rings (SSSR count). The minimum atomic E-state index is -2.87. The first kappa shape index (κ1) is 16.4. The molecule has 0 aromatic heterocycles. The lowest BCUT2D eigenvalue weighted by atomic mass is 10.1. The first-order valence-electron chi connectivity index (χ1n) is 8.38. The molecule has 2 aromatic rings. The van der Waals surface area contributed by atoms with E-state index >= 15 is 0 Å². The molecule has 0 heterocycles. The van der Waals surface area contributed by atoms with E-state index in [-0.39, 0.29) is 0 Å². The van der Waals surface area contributed by atoms with Gasteiger partial charge in [0, 0.05) is 25.0 Å². The molecule has 0 amide bonds. The predicted octanol–water partition coefficient (Wildman–Crippen LogP) is 3.51. The van der Waals surface area contributed by atoms with Crippen LogP contribution >= 0.6 is 0 Å². The fourth-order valence-electron chi connectivity index (χ4n) is 3.37. The van der Waals surface area contributed by atoms with Gasteiger partial charge < -0.3 is 13.3 Å². The molecule has 0 atom stereocenters. The van der Waals surface area contributed by atoms with Gasteiger partial charge in [-0.3, -0.25) is 0 Å². The Labute approximate surface area is 139 Å². The van der Waals surface area contributed by atoms with Gasteiger partial charge in [-0.1, -0.05) is 42.5 Å². The summed E-state index contributed by atoms with van der Waals surface area (Å²) in [6.07, 6.45) is 0.920. The third kappa shape index (κ3) is 2.88. The van der Waals surface area contributed by atoms with Crippen LogP contribution in [0.4, 0.5) is 0 Å². The standard InChI is InChI=1S/C19H24O3Si/c1-4-20-23(21-5-2,22-6-3)19-13-9-12-17-16-11-8-7-10-15(16)14-18(17)19/h7-13H,4-6,14H2,1-3H3. The Morgan fingerprint density at radius 3 is 2.04 bits per heavy atom. The average molecular weight is 328 g/mol. The molecular formula is C19H24O3Si. The van der Waals surface area contributed by atoms with Gasteiger partial charge in [0.25, 0.3) is 0 Å². The van der Waals surface area contributed by atoms with Gasteiger partial charge in [-0.2, -0.15) is 0 Å². The maximum atomic E-state index is 6.12. The molecule has 1 aliphatic carbocycles. The third-order valence-electron chi connectivity index (χ3n) is 4.18. The zero-order valence-electron chi connectivity index (χ0n) is 14.1. The summed E-state index contributed by atoms with van der Waals surface area (Å²) in [5.74, 6) is 0. The Bertz CT molecular complexity index is 667. The van der Waals surface area contributed by atoms with E-state index in [9.17, 15) is 0 Å². The number of benzene rings is 2. The molecule has 23 heavy (non-hydrogen) atoms. The summed E-state index contributed by atoms with van der Waals surface area (Å²) in [5, 5.41) is 1.12. The summed E-state index contributed by atoms with van der Waals surface area (Å²) in [4.78, 5) is 0. The third-order valence-corrected chi connectivity index (χ3v) is 7.32. The molecule has 0 radical (unpaired) electrons. The van der Waals surface area contributed by atoms with Crippen molar-refractivity contribution in [3.8, 4) is 11.1 Å². The quantitative estimate of drug-likeness (QED) is 0.621. The second kappa shape index (κ2) is 6.97. The van der Waals surface area contributed by atoms with Gasteiger partial charge in [0.1, 0.15) is 0 Å². The molecule has 0 bridgehead atoms. The molecule has 0 aliphatic heterocycles. The van der Waals surface area contributed by atoms with Crippen LogP contribution in [-0.4, -0.2) is 28.6 Å². The number of fused-ring (bicyclic) bond motifs is 3. The van der Waals surface area contributed by atoms with Crippen molar-refractivity contribution in [2.24, 2.45) is 0 Å². The van der Waals surface area contributed by atoms with E-state index in [0.717, 1.165) is 11.6 Å². The minimum absolute atomic E-state index is 0.586. The van der Waals surface area contributed by atoms with E-state index in [1.165, 1.54) is 22.3 Å². The second-order valence-electron chi connectivity index (χ2n) is 5.52. The lowest BCUT2D eigenvalue weighted by Crippen LogP contribution is -2.58. The number of hydrogen-bond acceptors (Lipinski definition) is 3.